The van der Waals surface area contributed by atoms with Crippen molar-refractivity contribution in [3.8, 4) is 0 Å². The molecule has 0 unspecified atom stereocenters. The lowest BCUT2D eigenvalue weighted by molar-refractivity contribution is 0.0602. The van der Waals surface area contributed by atoms with Gasteiger partial charge in [0.1, 0.15) is 0 Å². The lowest BCUT2D eigenvalue weighted by atomic mass is 10.1. The third-order valence-corrected chi connectivity index (χ3v) is 2.89. The number of ether oxygens (including phenoxy) is 2. The van der Waals surface area contributed by atoms with Crippen molar-refractivity contribution in [1.82, 2.24) is 9.78 Å². The molecule has 0 aliphatic carbocycles. The van der Waals surface area contributed by atoms with Crippen LogP contribution in [0.1, 0.15) is 10.4 Å². The van der Waals surface area contributed by atoms with E-state index in [0.29, 0.717) is 30.1 Å². The fraction of sp³-hybridized carbons (Fsp3) is 0.286. The SMILES string of the molecule is COCCn1cc(Nc2ccc(N)cc2C(=O)OC)cn1. The maximum Gasteiger partial charge on any atom is 0.340 e. The number of rotatable bonds is 6. The van der Waals surface area contributed by atoms with Crippen molar-refractivity contribution in [3.63, 3.8) is 0 Å². The minimum absolute atomic E-state index is 0.377. The van der Waals surface area contributed by atoms with E-state index < -0.39 is 5.97 Å². The molecule has 0 fully saturated rings. The largest absolute Gasteiger partial charge is 0.465 e. The predicted molar refractivity (Wildman–Crippen MR) is 79.6 cm³/mol. The first-order valence-corrected chi connectivity index (χ1v) is 6.40. The van der Waals surface area contributed by atoms with Crippen molar-refractivity contribution >= 4 is 23.0 Å². The highest BCUT2D eigenvalue weighted by molar-refractivity contribution is 5.97. The molecule has 0 spiro atoms. The smallest absolute Gasteiger partial charge is 0.340 e. The van der Waals surface area contributed by atoms with Crippen molar-refractivity contribution in [2.45, 2.75) is 6.54 Å². The zero-order valence-corrected chi connectivity index (χ0v) is 12.0. The summed E-state index contributed by atoms with van der Waals surface area (Å²) in [6.07, 6.45) is 3.50. The number of nitrogens with two attached hydrogens (primary N) is 1. The number of carbonyl (C=O) groups excluding carboxylic acids is 1. The molecule has 1 aromatic carbocycles. The van der Waals surface area contributed by atoms with Crippen molar-refractivity contribution in [2.24, 2.45) is 0 Å². The molecule has 3 N–H and O–H groups in total. The van der Waals surface area contributed by atoms with Gasteiger partial charge in [-0.3, -0.25) is 4.68 Å². The highest BCUT2D eigenvalue weighted by Gasteiger charge is 2.13. The first kappa shape index (κ1) is 14.9. The molecule has 0 bridgehead atoms. The van der Waals surface area contributed by atoms with E-state index in [1.165, 1.54) is 7.11 Å². The summed E-state index contributed by atoms with van der Waals surface area (Å²) in [5, 5.41) is 7.33. The fourth-order valence-corrected chi connectivity index (χ4v) is 1.84. The van der Waals surface area contributed by atoms with Gasteiger partial charge in [-0.1, -0.05) is 0 Å². The zero-order chi connectivity index (χ0) is 15.2. The molecule has 112 valence electrons. The van der Waals surface area contributed by atoms with Gasteiger partial charge >= 0.3 is 5.97 Å². The molecule has 7 nitrogen and oxygen atoms in total. The van der Waals surface area contributed by atoms with Crippen LogP contribution >= 0.6 is 0 Å². The highest BCUT2D eigenvalue weighted by Crippen LogP contribution is 2.23. The Labute approximate surface area is 122 Å². The van der Waals surface area contributed by atoms with E-state index in [1.807, 2.05) is 6.20 Å². The Morgan fingerprint density at radius 3 is 2.95 bits per heavy atom. The second-order valence-corrected chi connectivity index (χ2v) is 4.41. The Morgan fingerprint density at radius 1 is 1.43 bits per heavy atom. The van der Waals surface area contributed by atoms with Crippen molar-refractivity contribution in [3.05, 3.63) is 36.2 Å². The molecule has 0 aliphatic heterocycles. The molecule has 0 amide bonds. The first-order valence-electron chi connectivity index (χ1n) is 6.40. The summed E-state index contributed by atoms with van der Waals surface area (Å²) >= 11 is 0. The Morgan fingerprint density at radius 2 is 2.24 bits per heavy atom. The number of nitrogen functional groups attached to an aromatic ring is 1. The van der Waals surface area contributed by atoms with Crippen LogP contribution in [0.4, 0.5) is 17.1 Å². The lowest BCUT2D eigenvalue weighted by Crippen LogP contribution is -2.06. The fourth-order valence-electron chi connectivity index (χ4n) is 1.84. The molecule has 0 saturated carbocycles. The van der Waals surface area contributed by atoms with Crippen LogP contribution in [0, 0.1) is 0 Å². The van der Waals surface area contributed by atoms with E-state index in [1.54, 1.807) is 36.2 Å². The van der Waals surface area contributed by atoms with E-state index in [4.69, 9.17) is 15.2 Å². The summed E-state index contributed by atoms with van der Waals surface area (Å²) in [6.45, 7) is 1.24. The van der Waals surface area contributed by atoms with Crippen molar-refractivity contribution in [1.29, 1.82) is 0 Å². The molecule has 0 aliphatic rings. The quantitative estimate of drug-likeness (QED) is 0.621. The minimum atomic E-state index is -0.448. The van der Waals surface area contributed by atoms with Gasteiger partial charge in [0.25, 0.3) is 0 Å². The van der Waals surface area contributed by atoms with Gasteiger partial charge in [0.2, 0.25) is 0 Å². The number of esters is 1. The van der Waals surface area contributed by atoms with E-state index in [0.717, 1.165) is 5.69 Å². The summed E-state index contributed by atoms with van der Waals surface area (Å²) in [5.41, 5.74) is 7.96. The molecule has 0 radical (unpaired) electrons. The van der Waals surface area contributed by atoms with Crippen LogP contribution in [0.5, 0.6) is 0 Å². The summed E-state index contributed by atoms with van der Waals surface area (Å²) in [4.78, 5) is 11.8. The maximum absolute atomic E-state index is 11.8. The van der Waals surface area contributed by atoms with E-state index in [-0.39, 0.29) is 0 Å². The van der Waals surface area contributed by atoms with E-state index >= 15 is 0 Å². The zero-order valence-electron chi connectivity index (χ0n) is 12.0. The van der Waals surface area contributed by atoms with Gasteiger partial charge < -0.3 is 20.5 Å². The number of aromatic nitrogens is 2. The third-order valence-electron chi connectivity index (χ3n) is 2.89. The topological polar surface area (TPSA) is 91.4 Å². The molecule has 2 rings (SSSR count). The molecule has 21 heavy (non-hydrogen) atoms. The number of benzene rings is 1. The number of methoxy groups -OCH3 is 2. The molecule has 0 saturated heterocycles. The number of nitrogens with zero attached hydrogens (tertiary/aromatic N) is 2. The lowest BCUT2D eigenvalue weighted by Gasteiger charge is -2.10. The number of anilines is 3. The van der Waals surface area contributed by atoms with Gasteiger partial charge in [-0.15, -0.1) is 0 Å². The van der Waals surface area contributed by atoms with Crippen molar-refractivity contribution in [2.75, 3.05) is 31.9 Å². The Kier molecular flexibility index (Phi) is 4.78. The van der Waals surface area contributed by atoms with Gasteiger partial charge in [0, 0.05) is 19.0 Å². The maximum atomic E-state index is 11.8. The minimum Gasteiger partial charge on any atom is -0.465 e. The van der Waals surface area contributed by atoms with Crippen molar-refractivity contribution < 1.29 is 14.3 Å². The number of nitrogens with one attached hydrogen (secondary N) is 1. The van der Waals surface area contributed by atoms with E-state index in [9.17, 15) is 4.79 Å². The molecule has 7 heteroatoms. The van der Waals surface area contributed by atoms with Gasteiger partial charge in [0.05, 0.1) is 43.4 Å². The van der Waals surface area contributed by atoms with Crippen LogP contribution in [-0.4, -0.2) is 36.6 Å². The monoisotopic (exact) mass is 290 g/mol. The normalized spacial score (nSPS) is 10.4. The van der Waals surface area contributed by atoms with Crippen LogP contribution in [0.15, 0.2) is 30.6 Å². The Balaban J connectivity index is 2.19. The summed E-state index contributed by atoms with van der Waals surface area (Å²) in [7, 11) is 2.97. The van der Waals surface area contributed by atoms with Gasteiger partial charge in [-0.25, -0.2) is 4.79 Å². The summed E-state index contributed by atoms with van der Waals surface area (Å²) in [5.74, 6) is -0.448. The molecule has 1 aromatic heterocycles. The average molecular weight is 290 g/mol. The van der Waals surface area contributed by atoms with Crippen LogP contribution < -0.4 is 11.1 Å². The van der Waals surface area contributed by atoms with Crippen LogP contribution in [0.3, 0.4) is 0 Å². The third kappa shape index (κ3) is 3.73. The van der Waals surface area contributed by atoms with Crippen LogP contribution in [0.25, 0.3) is 0 Å². The molecular weight excluding hydrogens is 272 g/mol. The van der Waals surface area contributed by atoms with Gasteiger partial charge in [-0.2, -0.15) is 5.10 Å². The number of carbonyl (C=O) groups is 1. The van der Waals surface area contributed by atoms with Crippen LogP contribution in [0.2, 0.25) is 0 Å². The summed E-state index contributed by atoms with van der Waals surface area (Å²) in [6, 6.07) is 5.02. The average Bonchev–Trinajstić information content (AvgIpc) is 2.93. The standard InChI is InChI=1S/C14H18N4O3/c1-20-6-5-18-9-11(8-16-18)17-13-4-3-10(15)7-12(13)14(19)21-2/h3-4,7-9,17H,5-6,15H2,1-2H3. The first-order chi connectivity index (χ1) is 10.1. The second kappa shape index (κ2) is 6.76. The summed E-state index contributed by atoms with van der Waals surface area (Å²) < 4.78 is 11.5. The van der Waals surface area contributed by atoms with Crippen LogP contribution in [-0.2, 0) is 16.0 Å². The van der Waals surface area contributed by atoms with Gasteiger partial charge in [0.15, 0.2) is 0 Å². The highest BCUT2D eigenvalue weighted by atomic mass is 16.5. The second-order valence-electron chi connectivity index (χ2n) is 4.41. The Hall–Kier alpha value is -2.54. The molecular formula is C14H18N4O3. The Bertz CT molecular complexity index is 624. The molecule has 1 heterocycles. The number of hydrogen-bond acceptors (Lipinski definition) is 6. The number of hydrogen-bond donors (Lipinski definition) is 2. The molecule has 0 atom stereocenters. The molecule has 2 aromatic rings. The predicted octanol–water partition coefficient (Wildman–Crippen LogP) is 1.64. The van der Waals surface area contributed by atoms with E-state index in [2.05, 4.69) is 10.4 Å². The van der Waals surface area contributed by atoms with Gasteiger partial charge in [-0.05, 0) is 18.2 Å².